The Balaban J connectivity index is 1.57. The van der Waals surface area contributed by atoms with Crippen LogP contribution in [-0.4, -0.2) is 34.9 Å². The van der Waals surface area contributed by atoms with Crippen LogP contribution in [-0.2, 0) is 16.6 Å². The molecule has 6 nitrogen and oxygen atoms in total. The van der Waals surface area contributed by atoms with Crippen molar-refractivity contribution in [1.29, 1.82) is 0 Å². The third kappa shape index (κ3) is 3.65. The number of amides is 1. The van der Waals surface area contributed by atoms with Gasteiger partial charge in [-0.2, -0.15) is 5.10 Å². The van der Waals surface area contributed by atoms with Crippen molar-refractivity contribution in [3.05, 3.63) is 47.2 Å². The highest BCUT2D eigenvalue weighted by atomic mass is 35.5. The number of carbonyl (C=O) groups excluding carboxylic acids is 1. The summed E-state index contributed by atoms with van der Waals surface area (Å²) in [6.07, 6.45) is 2.29. The highest BCUT2D eigenvalue weighted by Crippen LogP contribution is 2.28. The Morgan fingerprint density at radius 3 is 3.04 bits per heavy atom. The van der Waals surface area contributed by atoms with Crippen LogP contribution in [0.15, 0.2) is 36.5 Å². The number of aryl methyl sites for hydroxylation is 1. The van der Waals surface area contributed by atoms with E-state index in [4.69, 9.17) is 21.1 Å². The summed E-state index contributed by atoms with van der Waals surface area (Å²) in [4.78, 5) is 12.1. The van der Waals surface area contributed by atoms with Crippen LogP contribution in [0.5, 0.6) is 5.75 Å². The first-order valence-corrected chi connectivity index (χ1v) is 7.79. The summed E-state index contributed by atoms with van der Waals surface area (Å²) in [5.74, 6) is 0.294. The first-order chi connectivity index (χ1) is 11.1. The highest BCUT2D eigenvalue weighted by molar-refractivity contribution is 6.32. The van der Waals surface area contributed by atoms with Gasteiger partial charge in [-0.3, -0.25) is 9.48 Å². The zero-order valence-corrected chi connectivity index (χ0v) is 13.5. The van der Waals surface area contributed by atoms with Crippen molar-refractivity contribution in [2.24, 2.45) is 7.05 Å². The fourth-order valence-corrected chi connectivity index (χ4v) is 2.84. The van der Waals surface area contributed by atoms with E-state index in [-0.39, 0.29) is 24.7 Å². The van der Waals surface area contributed by atoms with Crippen LogP contribution in [0, 0.1) is 0 Å². The molecule has 0 saturated carbocycles. The number of para-hydroxylation sites is 1. The Morgan fingerprint density at radius 2 is 2.30 bits per heavy atom. The number of nitrogens with zero attached hydrogens (tertiary/aromatic N) is 2. The molecule has 0 bridgehead atoms. The molecule has 23 heavy (non-hydrogen) atoms. The summed E-state index contributed by atoms with van der Waals surface area (Å²) in [7, 11) is 1.86. The average Bonchev–Trinajstić information content (AvgIpc) is 3.15. The van der Waals surface area contributed by atoms with Gasteiger partial charge in [-0.15, -0.1) is 0 Å². The van der Waals surface area contributed by atoms with Crippen molar-refractivity contribution in [1.82, 2.24) is 15.1 Å². The maximum absolute atomic E-state index is 12.1. The quantitative estimate of drug-likeness (QED) is 0.908. The standard InChI is InChI=1S/C16H18ClN3O3/c1-20-13(6-8-18-20)16-12(7-9-22-16)19-15(21)10-23-14-5-3-2-4-11(14)17/h2-6,8,12,16H,7,9-10H2,1H3,(H,19,21)/t12-,16-/m0/s1. The van der Waals surface area contributed by atoms with Gasteiger partial charge in [-0.1, -0.05) is 23.7 Å². The predicted molar refractivity (Wildman–Crippen MR) is 85.4 cm³/mol. The van der Waals surface area contributed by atoms with Crippen molar-refractivity contribution in [2.45, 2.75) is 18.6 Å². The van der Waals surface area contributed by atoms with Crippen molar-refractivity contribution in [3.63, 3.8) is 0 Å². The first-order valence-electron chi connectivity index (χ1n) is 7.41. The molecule has 1 aromatic carbocycles. The number of hydrogen-bond donors (Lipinski definition) is 1. The summed E-state index contributed by atoms with van der Waals surface area (Å²) >= 11 is 6.00. The molecule has 2 atom stereocenters. The van der Waals surface area contributed by atoms with Crippen molar-refractivity contribution >= 4 is 17.5 Å². The van der Waals surface area contributed by atoms with E-state index in [1.807, 2.05) is 25.2 Å². The topological polar surface area (TPSA) is 65.4 Å². The van der Waals surface area contributed by atoms with Gasteiger partial charge in [0.05, 0.1) is 16.8 Å². The van der Waals surface area contributed by atoms with Crippen LogP contribution in [0.2, 0.25) is 5.02 Å². The molecule has 0 radical (unpaired) electrons. The minimum absolute atomic E-state index is 0.0850. The van der Waals surface area contributed by atoms with Gasteiger partial charge in [0, 0.05) is 19.9 Å². The van der Waals surface area contributed by atoms with Gasteiger partial charge in [-0.25, -0.2) is 0 Å². The molecule has 1 aliphatic heterocycles. The molecule has 1 aromatic heterocycles. The molecule has 1 aliphatic rings. The fourth-order valence-electron chi connectivity index (χ4n) is 2.65. The van der Waals surface area contributed by atoms with Crippen molar-refractivity contribution < 1.29 is 14.3 Å². The number of aromatic nitrogens is 2. The zero-order valence-electron chi connectivity index (χ0n) is 12.7. The summed E-state index contributed by atoms with van der Waals surface area (Å²) in [5.41, 5.74) is 0.944. The smallest absolute Gasteiger partial charge is 0.258 e. The molecule has 0 aliphatic carbocycles. The lowest BCUT2D eigenvalue weighted by Gasteiger charge is -2.20. The van der Waals surface area contributed by atoms with Crippen LogP contribution in [0.4, 0.5) is 0 Å². The first kappa shape index (κ1) is 15.8. The molecule has 2 heterocycles. The van der Waals surface area contributed by atoms with Gasteiger partial charge in [0.2, 0.25) is 0 Å². The zero-order chi connectivity index (χ0) is 16.2. The minimum atomic E-state index is -0.201. The van der Waals surface area contributed by atoms with Crippen LogP contribution < -0.4 is 10.1 Å². The lowest BCUT2D eigenvalue weighted by atomic mass is 10.1. The second-order valence-corrected chi connectivity index (χ2v) is 5.76. The highest BCUT2D eigenvalue weighted by Gasteiger charge is 2.32. The van der Waals surface area contributed by atoms with Crippen molar-refractivity contribution in [3.8, 4) is 5.75 Å². The van der Waals surface area contributed by atoms with E-state index in [0.29, 0.717) is 17.4 Å². The number of carbonyl (C=O) groups is 1. The largest absolute Gasteiger partial charge is 0.482 e. The van der Waals surface area contributed by atoms with E-state index in [0.717, 1.165) is 12.1 Å². The Hall–Kier alpha value is -2.05. The van der Waals surface area contributed by atoms with Gasteiger partial charge in [0.15, 0.2) is 6.61 Å². The van der Waals surface area contributed by atoms with E-state index in [1.165, 1.54) is 0 Å². The lowest BCUT2D eigenvalue weighted by molar-refractivity contribution is -0.124. The molecular formula is C16H18ClN3O3. The molecular weight excluding hydrogens is 318 g/mol. The lowest BCUT2D eigenvalue weighted by Crippen LogP contribution is -2.40. The van der Waals surface area contributed by atoms with Crippen LogP contribution in [0.3, 0.4) is 0 Å². The average molecular weight is 336 g/mol. The van der Waals surface area contributed by atoms with Crippen molar-refractivity contribution in [2.75, 3.05) is 13.2 Å². The summed E-state index contributed by atoms with van der Waals surface area (Å²) < 4.78 is 13.0. The number of ether oxygens (including phenoxy) is 2. The number of benzene rings is 1. The normalized spacial score (nSPS) is 20.4. The number of hydrogen-bond acceptors (Lipinski definition) is 4. The number of nitrogens with one attached hydrogen (secondary N) is 1. The monoisotopic (exact) mass is 335 g/mol. The molecule has 0 spiro atoms. The van der Waals surface area contributed by atoms with Gasteiger partial charge in [-0.05, 0) is 24.6 Å². The summed E-state index contributed by atoms with van der Waals surface area (Å²) in [6, 6.07) is 8.87. The minimum Gasteiger partial charge on any atom is -0.482 e. The summed E-state index contributed by atoms with van der Waals surface area (Å²) in [5, 5.41) is 7.59. The van der Waals surface area contributed by atoms with Gasteiger partial charge in [0.1, 0.15) is 11.9 Å². The molecule has 1 saturated heterocycles. The molecule has 3 rings (SSSR count). The molecule has 122 valence electrons. The van der Waals surface area contributed by atoms with Gasteiger partial charge < -0.3 is 14.8 Å². The Bertz CT molecular complexity index is 689. The van der Waals surface area contributed by atoms with E-state index in [9.17, 15) is 4.79 Å². The maximum Gasteiger partial charge on any atom is 0.258 e. The SMILES string of the molecule is Cn1nccc1[C@H]1OCC[C@@H]1NC(=O)COc1ccccc1Cl. The Kier molecular flexibility index (Phi) is 4.83. The molecule has 1 amide bonds. The molecule has 1 N–H and O–H groups in total. The molecule has 2 aromatic rings. The van der Waals surface area contributed by atoms with Crippen LogP contribution in [0.25, 0.3) is 0 Å². The molecule has 0 unspecified atom stereocenters. The van der Waals surface area contributed by atoms with Gasteiger partial charge in [0.25, 0.3) is 5.91 Å². The van der Waals surface area contributed by atoms with Crippen LogP contribution in [0.1, 0.15) is 18.2 Å². The van der Waals surface area contributed by atoms with Gasteiger partial charge >= 0.3 is 0 Å². The fraction of sp³-hybridized carbons (Fsp3) is 0.375. The Labute approximate surface area is 139 Å². The van der Waals surface area contributed by atoms with E-state index in [2.05, 4.69) is 10.4 Å². The van der Waals surface area contributed by atoms with Crippen LogP contribution >= 0.6 is 11.6 Å². The number of halogens is 1. The Morgan fingerprint density at radius 1 is 1.48 bits per heavy atom. The summed E-state index contributed by atoms with van der Waals surface area (Å²) in [6.45, 7) is 0.518. The number of rotatable bonds is 5. The maximum atomic E-state index is 12.1. The second-order valence-electron chi connectivity index (χ2n) is 5.35. The third-order valence-corrected chi connectivity index (χ3v) is 4.10. The van der Waals surface area contributed by atoms with E-state index in [1.54, 1.807) is 23.0 Å². The molecule has 1 fully saturated rings. The molecule has 7 heteroatoms. The van der Waals surface area contributed by atoms with E-state index >= 15 is 0 Å². The predicted octanol–water partition coefficient (Wildman–Crippen LogP) is 2.10. The second kappa shape index (κ2) is 7.02. The third-order valence-electron chi connectivity index (χ3n) is 3.78. The van der Waals surface area contributed by atoms with E-state index < -0.39 is 0 Å².